The van der Waals surface area contributed by atoms with E-state index < -0.39 is 7.53 Å². The molecule has 2 nitrogen and oxygen atoms in total. The summed E-state index contributed by atoms with van der Waals surface area (Å²) in [5, 5.41) is 0. The third-order valence-electron chi connectivity index (χ3n) is 1.54. The first-order chi connectivity index (χ1) is 6.08. The van der Waals surface area contributed by atoms with Crippen molar-refractivity contribution in [3.63, 3.8) is 0 Å². The maximum Gasteiger partial charge on any atom is 0.0769 e. The summed E-state index contributed by atoms with van der Waals surface area (Å²) in [5.74, 6) is 0. The number of hydrogen-bond donors (Lipinski definition) is 1. The Balaban J connectivity index is 2.66. The molecule has 5 heteroatoms. The van der Waals surface area contributed by atoms with Gasteiger partial charge >= 0.3 is 0 Å². The predicted molar refractivity (Wildman–Crippen MR) is 66.7 cm³/mol. The van der Waals surface area contributed by atoms with Crippen molar-refractivity contribution in [1.29, 1.82) is 0 Å². The van der Waals surface area contributed by atoms with Gasteiger partial charge in [0.1, 0.15) is 0 Å². The highest BCUT2D eigenvalue weighted by Gasteiger charge is 1.98. The van der Waals surface area contributed by atoms with Crippen molar-refractivity contribution < 1.29 is 4.52 Å². The summed E-state index contributed by atoms with van der Waals surface area (Å²) in [6, 6.07) is 5.99. The Morgan fingerprint density at radius 3 is 2.62 bits per heavy atom. The zero-order valence-electron chi connectivity index (χ0n) is 7.53. The van der Waals surface area contributed by atoms with Crippen molar-refractivity contribution in [2.24, 2.45) is 0 Å². The molecule has 1 aromatic rings. The lowest BCUT2D eigenvalue weighted by Gasteiger charge is -2.08. The number of hydrogen-bond acceptors (Lipinski definition) is 2. The van der Waals surface area contributed by atoms with Gasteiger partial charge in [-0.05, 0) is 30.2 Å². The lowest BCUT2D eigenvalue weighted by atomic mass is 10.1. The Kier molecular flexibility index (Phi) is 4.56. The van der Waals surface area contributed by atoms with Crippen molar-refractivity contribution >= 4 is 31.1 Å². The van der Waals surface area contributed by atoms with E-state index in [0.717, 1.165) is 11.3 Å². The summed E-state index contributed by atoms with van der Waals surface area (Å²) < 4.78 is 5.47. The van der Waals surface area contributed by atoms with Gasteiger partial charge in [-0.15, -0.1) is 0 Å². The Morgan fingerprint density at radius 1 is 1.38 bits per heavy atom. The molecule has 0 heterocycles. The first-order valence-electron chi connectivity index (χ1n) is 3.86. The molecule has 0 radical (unpaired) electrons. The van der Waals surface area contributed by atoms with Gasteiger partial charge in [0.05, 0.1) is 14.1 Å². The molecule has 72 valence electrons. The molecule has 2 unspecified atom stereocenters. The maximum atomic E-state index is 5.71. The van der Waals surface area contributed by atoms with E-state index in [4.69, 9.17) is 10.3 Å². The smallest absolute Gasteiger partial charge is 0.0769 e. The van der Waals surface area contributed by atoms with Crippen LogP contribution in [0.5, 0.6) is 0 Å². The SMILES string of the molecule is Cc1cc(N)cc(COP(P)P)c1. The van der Waals surface area contributed by atoms with E-state index in [2.05, 4.69) is 23.9 Å². The van der Waals surface area contributed by atoms with Gasteiger partial charge in [0.25, 0.3) is 0 Å². The fraction of sp³-hybridized carbons (Fsp3) is 0.250. The zero-order chi connectivity index (χ0) is 9.84. The molecule has 0 saturated carbocycles. The lowest BCUT2D eigenvalue weighted by Crippen LogP contribution is -1.91. The molecule has 2 N–H and O–H groups in total. The summed E-state index contributed by atoms with van der Waals surface area (Å²) in [7, 11) is 4.80. The van der Waals surface area contributed by atoms with Crippen LogP contribution in [0.15, 0.2) is 18.2 Å². The Morgan fingerprint density at radius 2 is 2.08 bits per heavy atom. The normalized spacial score (nSPS) is 10.8. The predicted octanol–water partition coefficient (Wildman–Crippen LogP) is 3.07. The monoisotopic (exact) mass is 233 g/mol. The molecule has 0 aliphatic carbocycles. The highest BCUT2D eigenvalue weighted by molar-refractivity contribution is 8.41. The minimum absolute atomic E-state index is 0.451. The van der Waals surface area contributed by atoms with Crippen LogP contribution < -0.4 is 5.73 Å². The average Bonchev–Trinajstić information content (AvgIpc) is 1.99. The van der Waals surface area contributed by atoms with Gasteiger partial charge in [0, 0.05) is 5.69 Å². The van der Waals surface area contributed by atoms with E-state index in [9.17, 15) is 0 Å². The lowest BCUT2D eigenvalue weighted by molar-refractivity contribution is 0.356. The van der Waals surface area contributed by atoms with Crippen molar-refractivity contribution in [2.45, 2.75) is 13.5 Å². The standard InChI is InChI=1S/C8H14NOP3/c1-6-2-7(4-8(9)3-6)5-10-13(11)12/h2-4H,5,9,11-12H2,1H3. The van der Waals surface area contributed by atoms with E-state index in [1.807, 2.05) is 19.1 Å². The van der Waals surface area contributed by atoms with Crippen LogP contribution in [0.4, 0.5) is 5.69 Å². The minimum atomic E-state index is -0.451. The highest BCUT2D eigenvalue weighted by Crippen LogP contribution is 2.54. The topological polar surface area (TPSA) is 35.2 Å². The number of aryl methyl sites for hydroxylation is 1. The van der Waals surface area contributed by atoms with Gasteiger partial charge in [0.2, 0.25) is 0 Å². The summed E-state index contributed by atoms with van der Waals surface area (Å²) in [5.41, 5.74) is 8.82. The summed E-state index contributed by atoms with van der Waals surface area (Å²) in [4.78, 5) is 0. The second-order valence-electron chi connectivity index (χ2n) is 2.89. The van der Waals surface area contributed by atoms with E-state index in [1.165, 1.54) is 5.56 Å². The third kappa shape index (κ3) is 4.34. The molecule has 1 rings (SSSR count). The molecule has 2 atom stereocenters. The number of benzene rings is 1. The van der Waals surface area contributed by atoms with Crippen LogP contribution >= 0.6 is 25.4 Å². The second-order valence-corrected chi connectivity index (χ2v) is 8.71. The molecule has 0 bridgehead atoms. The van der Waals surface area contributed by atoms with Crippen LogP contribution in [0.3, 0.4) is 0 Å². The van der Waals surface area contributed by atoms with Crippen molar-refractivity contribution in [2.75, 3.05) is 5.73 Å². The van der Waals surface area contributed by atoms with Gasteiger partial charge in [-0.2, -0.15) is 0 Å². The average molecular weight is 233 g/mol. The van der Waals surface area contributed by atoms with Crippen molar-refractivity contribution in [1.82, 2.24) is 0 Å². The van der Waals surface area contributed by atoms with Crippen LogP contribution in [-0.2, 0) is 11.1 Å². The molecule has 1 aromatic carbocycles. The van der Waals surface area contributed by atoms with Crippen molar-refractivity contribution in [3.05, 3.63) is 29.3 Å². The van der Waals surface area contributed by atoms with Crippen LogP contribution in [0, 0.1) is 6.92 Å². The van der Waals surface area contributed by atoms with Gasteiger partial charge in [0.15, 0.2) is 0 Å². The van der Waals surface area contributed by atoms with Crippen LogP contribution in [0.2, 0.25) is 0 Å². The molecule has 0 amide bonds. The quantitative estimate of drug-likeness (QED) is 0.643. The number of nitrogen functional groups attached to an aromatic ring is 1. The summed E-state index contributed by atoms with van der Waals surface area (Å²) >= 11 is 0. The third-order valence-corrected chi connectivity index (χ3v) is 2.86. The Labute approximate surface area is 84.7 Å². The number of nitrogens with two attached hydrogens (primary N) is 1. The van der Waals surface area contributed by atoms with Crippen LogP contribution in [0.25, 0.3) is 0 Å². The molecule has 0 spiro atoms. The molecule has 0 fully saturated rings. The first kappa shape index (κ1) is 11.3. The fourth-order valence-corrected chi connectivity index (χ4v) is 1.87. The second kappa shape index (κ2) is 5.23. The molecular formula is C8H14NOP3. The first-order valence-corrected chi connectivity index (χ1v) is 8.36. The molecular weight excluding hydrogens is 219 g/mol. The van der Waals surface area contributed by atoms with Gasteiger partial charge < -0.3 is 10.3 Å². The van der Waals surface area contributed by atoms with Gasteiger partial charge in [-0.25, -0.2) is 0 Å². The maximum absolute atomic E-state index is 5.71. The summed E-state index contributed by atoms with van der Waals surface area (Å²) in [6.07, 6.45) is 0. The Bertz CT molecular complexity index is 270. The van der Waals surface area contributed by atoms with E-state index in [-0.39, 0.29) is 0 Å². The van der Waals surface area contributed by atoms with Crippen LogP contribution in [0.1, 0.15) is 11.1 Å². The molecule has 0 aliphatic heterocycles. The van der Waals surface area contributed by atoms with Gasteiger partial charge in [-0.1, -0.05) is 23.9 Å². The van der Waals surface area contributed by atoms with Crippen molar-refractivity contribution in [3.8, 4) is 0 Å². The molecule has 0 aromatic heterocycles. The Hall–Kier alpha value is 0.270. The largest absolute Gasteiger partial charge is 0.399 e. The number of rotatable bonds is 3. The molecule has 13 heavy (non-hydrogen) atoms. The van der Waals surface area contributed by atoms with E-state index in [1.54, 1.807) is 0 Å². The van der Waals surface area contributed by atoms with Crippen LogP contribution in [-0.4, -0.2) is 0 Å². The van der Waals surface area contributed by atoms with E-state index in [0.29, 0.717) is 6.61 Å². The van der Waals surface area contributed by atoms with E-state index >= 15 is 0 Å². The molecule has 0 saturated heterocycles. The number of anilines is 1. The highest BCUT2D eigenvalue weighted by atomic mass is 32.4. The summed E-state index contributed by atoms with van der Waals surface area (Å²) in [6.45, 7) is 2.66. The molecule has 0 aliphatic rings. The fourth-order valence-electron chi connectivity index (χ4n) is 1.13. The zero-order valence-corrected chi connectivity index (χ0v) is 10.7. The van der Waals surface area contributed by atoms with Gasteiger partial charge in [-0.3, -0.25) is 0 Å². The minimum Gasteiger partial charge on any atom is -0.399 e.